The molecule has 0 saturated carbocycles. The number of amides is 1. The number of halogens is 2. The molecule has 0 aromatic heterocycles. The lowest BCUT2D eigenvalue weighted by molar-refractivity contribution is -0.137. The van der Waals surface area contributed by atoms with Crippen LogP contribution in [-0.4, -0.2) is 35.0 Å². The molecule has 1 aromatic carbocycles. The van der Waals surface area contributed by atoms with E-state index in [1.54, 1.807) is 11.0 Å². The second-order valence-corrected chi connectivity index (χ2v) is 5.68. The van der Waals surface area contributed by atoms with Gasteiger partial charge in [-0.3, -0.25) is 9.59 Å². The molecule has 114 valence electrons. The lowest BCUT2D eigenvalue weighted by Crippen LogP contribution is -2.39. The molecular formula is C15H17ClFNO3. The summed E-state index contributed by atoms with van der Waals surface area (Å²) >= 11 is 5.69. The molecule has 1 saturated heterocycles. The number of carbonyl (C=O) groups excluding carboxylic acids is 1. The first-order valence-electron chi connectivity index (χ1n) is 6.94. The summed E-state index contributed by atoms with van der Waals surface area (Å²) in [4.78, 5) is 24.4. The molecule has 1 amide bonds. The van der Waals surface area contributed by atoms with Crippen LogP contribution in [0.25, 0.3) is 0 Å². The maximum Gasteiger partial charge on any atom is 0.303 e. The Morgan fingerprint density at radius 1 is 1.33 bits per heavy atom. The predicted octanol–water partition coefficient (Wildman–Crippen LogP) is 3.20. The van der Waals surface area contributed by atoms with E-state index in [0.29, 0.717) is 25.4 Å². The molecular weight excluding hydrogens is 297 g/mol. The Labute approximate surface area is 127 Å². The fourth-order valence-corrected chi connectivity index (χ4v) is 2.77. The van der Waals surface area contributed by atoms with Gasteiger partial charge in [0.05, 0.1) is 10.6 Å². The number of likely N-dealkylation sites (tertiary alicyclic amines) is 1. The molecule has 0 spiro atoms. The number of aliphatic carboxylic acids is 1. The molecule has 0 unspecified atom stereocenters. The molecule has 0 bridgehead atoms. The van der Waals surface area contributed by atoms with Crippen LogP contribution in [0, 0.1) is 11.7 Å². The van der Waals surface area contributed by atoms with Crippen molar-refractivity contribution in [3.05, 3.63) is 34.6 Å². The van der Waals surface area contributed by atoms with Gasteiger partial charge in [-0.1, -0.05) is 17.7 Å². The predicted molar refractivity (Wildman–Crippen MR) is 76.9 cm³/mol. The van der Waals surface area contributed by atoms with Crippen LogP contribution in [-0.2, 0) is 4.79 Å². The number of rotatable bonds is 4. The van der Waals surface area contributed by atoms with Crippen molar-refractivity contribution in [3.8, 4) is 0 Å². The van der Waals surface area contributed by atoms with Gasteiger partial charge in [0.1, 0.15) is 0 Å². The zero-order valence-corrected chi connectivity index (χ0v) is 12.3. The number of carbonyl (C=O) groups is 2. The van der Waals surface area contributed by atoms with E-state index >= 15 is 0 Å². The molecule has 21 heavy (non-hydrogen) atoms. The first-order chi connectivity index (χ1) is 9.99. The summed E-state index contributed by atoms with van der Waals surface area (Å²) in [5.41, 5.74) is -0.00788. The van der Waals surface area contributed by atoms with Crippen LogP contribution >= 0.6 is 11.6 Å². The van der Waals surface area contributed by atoms with Crippen molar-refractivity contribution in [2.75, 3.05) is 13.1 Å². The third kappa shape index (κ3) is 3.94. The van der Waals surface area contributed by atoms with Gasteiger partial charge in [0, 0.05) is 19.5 Å². The van der Waals surface area contributed by atoms with E-state index in [4.69, 9.17) is 16.7 Å². The number of hydrogen-bond acceptors (Lipinski definition) is 2. The molecule has 0 aliphatic carbocycles. The normalized spacial score (nSPS) is 16.0. The van der Waals surface area contributed by atoms with Crippen molar-refractivity contribution in [2.24, 2.45) is 5.92 Å². The largest absolute Gasteiger partial charge is 0.481 e. The van der Waals surface area contributed by atoms with Gasteiger partial charge in [0.15, 0.2) is 5.82 Å². The van der Waals surface area contributed by atoms with Crippen LogP contribution in [0.1, 0.15) is 36.0 Å². The highest BCUT2D eigenvalue weighted by atomic mass is 35.5. The zero-order chi connectivity index (χ0) is 15.4. The number of carboxylic acid groups (broad SMARTS) is 1. The van der Waals surface area contributed by atoms with Crippen molar-refractivity contribution in [1.82, 2.24) is 4.90 Å². The number of benzene rings is 1. The van der Waals surface area contributed by atoms with E-state index in [1.165, 1.54) is 12.1 Å². The fourth-order valence-electron chi connectivity index (χ4n) is 2.59. The molecule has 4 nitrogen and oxygen atoms in total. The van der Waals surface area contributed by atoms with Crippen molar-refractivity contribution in [2.45, 2.75) is 25.7 Å². The van der Waals surface area contributed by atoms with Crippen LogP contribution in [0.3, 0.4) is 0 Å². The molecule has 1 fully saturated rings. The van der Waals surface area contributed by atoms with E-state index in [0.717, 1.165) is 12.8 Å². The van der Waals surface area contributed by atoms with Gasteiger partial charge >= 0.3 is 5.97 Å². The summed E-state index contributed by atoms with van der Waals surface area (Å²) in [6.07, 6.45) is 2.28. The number of nitrogens with zero attached hydrogens (tertiary/aromatic N) is 1. The summed E-state index contributed by atoms with van der Waals surface area (Å²) in [5.74, 6) is -1.52. The fraction of sp³-hybridized carbons (Fsp3) is 0.467. The Kier molecular flexibility index (Phi) is 5.17. The van der Waals surface area contributed by atoms with Crippen molar-refractivity contribution in [3.63, 3.8) is 0 Å². The van der Waals surface area contributed by atoms with Crippen LogP contribution in [0.15, 0.2) is 18.2 Å². The average Bonchev–Trinajstić information content (AvgIpc) is 2.48. The molecule has 1 heterocycles. The topological polar surface area (TPSA) is 57.6 Å². The van der Waals surface area contributed by atoms with E-state index in [9.17, 15) is 14.0 Å². The van der Waals surface area contributed by atoms with E-state index in [2.05, 4.69) is 0 Å². The smallest absolute Gasteiger partial charge is 0.303 e. The van der Waals surface area contributed by atoms with Crippen LogP contribution in [0.2, 0.25) is 5.02 Å². The number of hydrogen-bond donors (Lipinski definition) is 1. The third-order valence-electron chi connectivity index (χ3n) is 3.85. The quantitative estimate of drug-likeness (QED) is 0.928. The monoisotopic (exact) mass is 313 g/mol. The Morgan fingerprint density at radius 2 is 2.00 bits per heavy atom. The maximum absolute atomic E-state index is 13.8. The second-order valence-electron chi connectivity index (χ2n) is 5.27. The van der Waals surface area contributed by atoms with Crippen LogP contribution in [0.4, 0.5) is 4.39 Å². The van der Waals surface area contributed by atoms with Gasteiger partial charge in [-0.25, -0.2) is 4.39 Å². The van der Waals surface area contributed by atoms with Gasteiger partial charge in [-0.15, -0.1) is 0 Å². The molecule has 6 heteroatoms. The minimum atomic E-state index is -0.797. The summed E-state index contributed by atoms with van der Waals surface area (Å²) in [6.45, 7) is 1.05. The van der Waals surface area contributed by atoms with Crippen LogP contribution < -0.4 is 0 Å². The highest BCUT2D eigenvalue weighted by molar-refractivity contribution is 6.31. The van der Waals surface area contributed by atoms with Crippen molar-refractivity contribution < 1.29 is 19.1 Å². The first kappa shape index (κ1) is 15.8. The van der Waals surface area contributed by atoms with E-state index in [-0.39, 0.29) is 22.9 Å². The molecule has 2 rings (SSSR count). The zero-order valence-electron chi connectivity index (χ0n) is 11.5. The van der Waals surface area contributed by atoms with Gasteiger partial charge in [0.2, 0.25) is 0 Å². The summed E-state index contributed by atoms with van der Waals surface area (Å²) in [6, 6.07) is 4.39. The van der Waals surface area contributed by atoms with Crippen molar-refractivity contribution in [1.29, 1.82) is 0 Å². The summed E-state index contributed by atoms with van der Waals surface area (Å²) < 4.78 is 13.8. The molecule has 0 atom stereocenters. The summed E-state index contributed by atoms with van der Waals surface area (Å²) in [5, 5.41) is 8.61. The number of piperidine rings is 1. The van der Waals surface area contributed by atoms with Gasteiger partial charge in [0.25, 0.3) is 5.91 Å². The van der Waals surface area contributed by atoms with Crippen molar-refractivity contribution >= 4 is 23.5 Å². The molecule has 1 N–H and O–H groups in total. The first-order valence-corrected chi connectivity index (χ1v) is 7.32. The summed E-state index contributed by atoms with van der Waals surface area (Å²) in [7, 11) is 0. The minimum Gasteiger partial charge on any atom is -0.481 e. The Hall–Kier alpha value is -1.62. The Bertz CT molecular complexity index is 542. The maximum atomic E-state index is 13.8. The van der Waals surface area contributed by atoms with E-state index in [1.807, 2.05) is 0 Å². The standard InChI is InChI=1S/C15H17ClFNO3/c16-12-3-1-2-11(14(12)17)15(21)18-8-6-10(7-9-18)4-5-13(19)20/h1-3,10H,4-9H2,(H,19,20). The second kappa shape index (κ2) is 6.89. The lowest BCUT2D eigenvalue weighted by Gasteiger charge is -2.32. The highest BCUT2D eigenvalue weighted by Crippen LogP contribution is 2.25. The lowest BCUT2D eigenvalue weighted by atomic mass is 9.92. The Balaban J connectivity index is 1.94. The molecule has 1 aromatic rings. The number of carboxylic acids is 1. The Morgan fingerprint density at radius 3 is 2.62 bits per heavy atom. The van der Waals surface area contributed by atoms with Gasteiger partial charge in [-0.05, 0) is 37.3 Å². The minimum absolute atomic E-state index is 0.00788. The molecule has 1 aliphatic rings. The third-order valence-corrected chi connectivity index (χ3v) is 4.14. The molecule has 1 aliphatic heterocycles. The van der Waals surface area contributed by atoms with Crippen LogP contribution in [0.5, 0.6) is 0 Å². The van der Waals surface area contributed by atoms with Gasteiger partial charge in [-0.2, -0.15) is 0 Å². The van der Waals surface area contributed by atoms with E-state index < -0.39 is 11.8 Å². The van der Waals surface area contributed by atoms with Gasteiger partial charge < -0.3 is 10.0 Å². The highest BCUT2D eigenvalue weighted by Gasteiger charge is 2.26. The molecule has 0 radical (unpaired) electrons. The SMILES string of the molecule is O=C(O)CCC1CCN(C(=O)c2cccc(Cl)c2F)CC1. The average molecular weight is 314 g/mol.